The van der Waals surface area contributed by atoms with Crippen LogP contribution in [0.5, 0.6) is 0 Å². The van der Waals surface area contributed by atoms with Crippen LogP contribution in [-0.2, 0) is 20.8 Å². The number of benzene rings is 1. The Morgan fingerprint density at radius 2 is 2.03 bits per heavy atom. The van der Waals surface area contributed by atoms with Crippen LogP contribution in [0.25, 0.3) is 15.7 Å². The molecule has 5 rings (SSSR count). The summed E-state index contributed by atoms with van der Waals surface area (Å²) in [6.07, 6.45) is 0.200. The summed E-state index contributed by atoms with van der Waals surface area (Å²) in [4.78, 5) is 53.4. The smallest absolute Gasteiger partial charge is 0.253 e. The van der Waals surface area contributed by atoms with Gasteiger partial charge in [0.2, 0.25) is 11.0 Å². The third kappa shape index (κ3) is 4.15. The molecular weight excluding hydrogens is 520 g/mol. The van der Waals surface area contributed by atoms with E-state index < -0.39 is 16.5 Å². The average molecular weight is 535 g/mol. The van der Waals surface area contributed by atoms with E-state index in [1.165, 1.54) is 45.4 Å². The van der Waals surface area contributed by atoms with Crippen LogP contribution in [0, 0.1) is 0 Å². The van der Waals surface area contributed by atoms with Gasteiger partial charge in [0.15, 0.2) is 5.43 Å². The quantitative estimate of drug-likeness (QED) is 0.384. The van der Waals surface area contributed by atoms with E-state index in [2.05, 4.69) is 17.9 Å². The van der Waals surface area contributed by atoms with Crippen LogP contribution in [0.3, 0.4) is 0 Å². The molecule has 1 aromatic carbocycles. The topological polar surface area (TPSA) is 83.6 Å². The highest BCUT2D eigenvalue weighted by Gasteiger charge is 2.53. The van der Waals surface area contributed by atoms with Gasteiger partial charge in [0.05, 0.1) is 6.42 Å². The standard InChI is InChI=1S/C22H15ClN2O4S4/c23-10-3-4-12-14(26)8-16(33-15(12)6-10)13-9-32-21-18(20(28)25(21)19(13)22(29)30)24-17(27)7-11-2-1-5-31-11/h1-6,8,18,21H,7,9H2,(H,24,27)(H,29,30)/t18?,21-/m1/s1. The lowest BCUT2D eigenvalue weighted by atomic mass is 10.0. The first-order valence-electron chi connectivity index (χ1n) is 9.80. The number of thioether (sulfide) groups is 1. The number of carbonyl (C=O) groups is 3. The first-order valence-corrected chi connectivity index (χ1v) is 13.4. The highest BCUT2D eigenvalue weighted by molar-refractivity contribution is 8.00. The second kappa shape index (κ2) is 8.92. The molecule has 2 aliphatic rings. The lowest BCUT2D eigenvalue weighted by molar-refractivity contribution is -0.146. The Morgan fingerprint density at radius 1 is 1.21 bits per heavy atom. The van der Waals surface area contributed by atoms with Crippen molar-refractivity contribution in [2.75, 3.05) is 5.75 Å². The van der Waals surface area contributed by atoms with Crippen molar-refractivity contribution in [1.29, 1.82) is 0 Å². The van der Waals surface area contributed by atoms with Crippen LogP contribution >= 0.6 is 58.7 Å². The minimum absolute atomic E-state index is 0.160. The van der Waals surface area contributed by atoms with Gasteiger partial charge in [-0.05, 0) is 29.6 Å². The molecule has 2 amide bonds. The highest BCUT2D eigenvalue weighted by atomic mass is 35.5. The molecule has 4 heterocycles. The van der Waals surface area contributed by atoms with Crippen molar-refractivity contribution >= 4 is 91.3 Å². The van der Waals surface area contributed by atoms with Crippen molar-refractivity contribution in [2.45, 2.75) is 17.8 Å². The van der Waals surface area contributed by atoms with E-state index in [1.54, 1.807) is 18.2 Å². The number of thiophene rings is 1. The molecule has 2 aromatic heterocycles. The van der Waals surface area contributed by atoms with Gasteiger partial charge in [-0.25, -0.2) is 0 Å². The lowest BCUT2D eigenvalue weighted by Gasteiger charge is -2.49. The zero-order valence-electron chi connectivity index (χ0n) is 16.7. The maximum atomic E-state index is 13.0. The van der Waals surface area contributed by atoms with E-state index >= 15 is 0 Å². The number of amides is 2. The third-order valence-corrected chi connectivity index (χ3v) is 9.14. The van der Waals surface area contributed by atoms with Crippen molar-refractivity contribution in [1.82, 2.24) is 10.2 Å². The fourth-order valence-corrected chi connectivity index (χ4v) is 7.68. The second-order valence-electron chi connectivity index (χ2n) is 7.46. The molecule has 1 saturated heterocycles. The first kappa shape index (κ1) is 22.7. The van der Waals surface area contributed by atoms with Crippen LogP contribution in [0.1, 0.15) is 9.75 Å². The summed E-state index contributed by atoms with van der Waals surface area (Å²) in [7, 11) is 0. The van der Waals surface area contributed by atoms with Crippen LogP contribution in [-0.4, -0.2) is 39.0 Å². The van der Waals surface area contributed by atoms with Crippen molar-refractivity contribution in [3.05, 3.63) is 72.5 Å². The molecule has 168 valence electrons. The Bertz CT molecular complexity index is 1400. The van der Waals surface area contributed by atoms with Gasteiger partial charge in [-0.1, -0.05) is 30.3 Å². The normalized spacial score (nSPS) is 19.9. The fraction of sp³-hybridized carbons (Fsp3) is 0.182. The largest absolute Gasteiger partial charge is 0.341 e. The van der Waals surface area contributed by atoms with Gasteiger partial charge in [0.1, 0.15) is 17.1 Å². The first-order chi connectivity index (χ1) is 15.8. The number of rotatable bonds is 5. The van der Waals surface area contributed by atoms with Crippen molar-refractivity contribution < 1.29 is 14.4 Å². The van der Waals surface area contributed by atoms with Crippen molar-refractivity contribution in [3.63, 3.8) is 0 Å². The number of nitrogens with one attached hydrogen (secondary N) is 1. The zero-order valence-corrected chi connectivity index (χ0v) is 20.8. The maximum absolute atomic E-state index is 13.0. The van der Waals surface area contributed by atoms with Gasteiger partial charge < -0.3 is 5.32 Å². The molecule has 11 heteroatoms. The molecule has 1 unspecified atom stereocenters. The fourth-order valence-electron chi connectivity index (χ4n) is 3.88. The number of hydrogen-bond donors (Lipinski definition) is 2. The SMILES string of the molecule is O=C(Cc1cccs1)NC1C(=O)N2C(C(=O)S)=C(c3cc(=O)c4ccc(Cl)cc4s3)CS[C@H]12. The molecule has 0 aliphatic carbocycles. The molecule has 33 heavy (non-hydrogen) atoms. The van der Waals surface area contributed by atoms with Crippen LogP contribution in [0.2, 0.25) is 5.02 Å². The highest BCUT2D eigenvalue weighted by Crippen LogP contribution is 2.45. The predicted octanol–water partition coefficient (Wildman–Crippen LogP) is 3.79. The van der Waals surface area contributed by atoms with E-state index in [0.29, 0.717) is 31.3 Å². The van der Waals surface area contributed by atoms with Gasteiger partial charge in [0.25, 0.3) is 5.91 Å². The number of fused-ring (bicyclic) bond motifs is 2. The van der Waals surface area contributed by atoms with Crippen LogP contribution < -0.4 is 10.7 Å². The summed E-state index contributed by atoms with van der Waals surface area (Å²) in [5.41, 5.74) is 0.555. The Balaban J connectivity index is 1.45. The summed E-state index contributed by atoms with van der Waals surface area (Å²) in [5, 5.41) is 4.78. The monoisotopic (exact) mass is 534 g/mol. The predicted molar refractivity (Wildman–Crippen MR) is 137 cm³/mol. The lowest BCUT2D eigenvalue weighted by Crippen LogP contribution is -2.70. The molecule has 1 fully saturated rings. The molecular formula is C22H15ClN2O4S4. The van der Waals surface area contributed by atoms with E-state index in [9.17, 15) is 19.2 Å². The number of nitrogens with zero attached hydrogens (tertiary/aromatic N) is 1. The van der Waals surface area contributed by atoms with Crippen LogP contribution in [0.15, 0.2) is 52.3 Å². The number of thiol groups is 1. The molecule has 1 N–H and O–H groups in total. The summed E-state index contributed by atoms with van der Waals surface area (Å²) >= 11 is 14.4. The summed E-state index contributed by atoms with van der Waals surface area (Å²) in [5.74, 6) is -0.206. The minimum Gasteiger partial charge on any atom is -0.341 e. The van der Waals surface area contributed by atoms with Crippen molar-refractivity contribution in [2.24, 2.45) is 0 Å². The molecule has 0 radical (unpaired) electrons. The molecule has 3 aromatic rings. The van der Waals surface area contributed by atoms with Crippen LogP contribution in [0.4, 0.5) is 0 Å². The molecule has 6 nitrogen and oxygen atoms in total. The summed E-state index contributed by atoms with van der Waals surface area (Å²) < 4.78 is 0.698. The average Bonchev–Trinajstić information content (AvgIpc) is 3.28. The van der Waals surface area contributed by atoms with Crippen molar-refractivity contribution in [3.8, 4) is 0 Å². The molecule has 0 bridgehead atoms. The van der Waals surface area contributed by atoms with E-state index in [4.69, 9.17) is 11.6 Å². The molecule has 0 saturated carbocycles. The minimum atomic E-state index is -0.708. The maximum Gasteiger partial charge on any atom is 0.253 e. The third-order valence-electron chi connectivity index (χ3n) is 5.39. The molecule has 2 aliphatic heterocycles. The van der Waals surface area contributed by atoms with E-state index in [1.807, 2.05) is 17.5 Å². The van der Waals surface area contributed by atoms with Gasteiger partial charge in [-0.2, -0.15) is 0 Å². The van der Waals surface area contributed by atoms with Gasteiger partial charge in [0, 0.05) is 42.3 Å². The number of β-lactam (4-membered cyclic amide) rings is 1. The Morgan fingerprint density at radius 3 is 2.76 bits per heavy atom. The van der Waals surface area contributed by atoms with E-state index in [-0.39, 0.29) is 29.4 Å². The van der Waals surface area contributed by atoms with E-state index in [0.717, 1.165) is 4.88 Å². The summed E-state index contributed by atoms with van der Waals surface area (Å²) in [6.45, 7) is 0. The number of hydrogen-bond acceptors (Lipinski definition) is 7. The Kier molecular flexibility index (Phi) is 6.13. The van der Waals surface area contributed by atoms with Gasteiger partial charge in [-0.15, -0.1) is 34.4 Å². The van der Waals surface area contributed by atoms with Gasteiger partial charge in [-0.3, -0.25) is 24.1 Å². The Labute approximate surface area is 211 Å². The summed E-state index contributed by atoms with van der Waals surface area (Å²) in [6, 6.07) is 9.55. The number of halogens is 1. The molecule has 0 spiro atoms. The molecule has 2 atom stereocenters. The second-order valence-corrected chi connectivity index (χ2v) is 11.5. The van der Waals surface area contributed by atoms with Gasteiger partial charge >= 0.3 is 0 Å². The number of carbonyl (C=O) groups excluding carboxylic acids is 3. The Hall–Kier alpha value is -2.11. The zero-order chi connectivity index (χ0) is 23.3.